The van der Waals surface area contributed by atoms with E-state index in [-0.39, 0.29) is 5.56 Å². The number of imide groups is 1. The standard InChI is InChI=1S/C23H31N3O7/c1-4-12-32-17-7-6-16(13-18(17)31-5-2)20(28)33-14-19(27)25-26-21(29)23(24-22(26)30)10-8-15(3)9-11-23/h6-7,13,15H,4-5,8-12,14H2,1-3H3,(H,24,30)(H,25,27). The molecule has 0 bridgehead atoms. The molecule has 0 atom stereocenters. The summed E-state index contributed by atoms with van der Waals surface area (Å²) in [6.07, 6.45) is 3.51. The molecule has 2 aliphatic rings. The lowest BCUT2D eigenvalue weighted by molar-refractivity contribution is -0.141. The van der Waals surface area contributed by atoms with Crippen LogP contribution >= 0.6 is 0 Å². The summed E-state index contributed by atoms with van der Waals surface area (Å²) in [6, 6.07) is 3.92. The van der Waals surface area contributed by atoms with E-state index in [1.807, 2.05) is 13.8 Å². The first-order valence-corrected chi connectivity index (χ1v) is 11.3. The first-order chi connectivity index (χ1) is 15.8. The van der Waals surface area contributed by atoms with Crippen LogP contribution < -0.4 is 20.2 Å². The highest BCUT2D eigenvalue weighted by Gasteiger charge is 2.52. The predicted molar refractivity (Wildman–Crippen MR) is 118 cm³/mol. The number of hydrogen-bond acceptors (Lipinski definition) is 7. The van der Waals surface area contributed by atoms with Gasteiger partial charge in [-0.05, 0) is 63.1 Å². The lowest BCUT2D eigenvalue weighted by Crippen LogP contribution is -2.52. The molecular formula is C23H31N3O7. The van der Waals surface area contributed by atoms with Gasteiger partial charge in [-0.15, -0.1) is 0 Å². The lowest BCUT2D eigenvalue weighted by atomic mass is 9.77. The highest BCUT2D eigenvalue weighted by molar-refractivity contribution is 6.08. The van der Waals surface area contributed by atoms with Crippen LogP contribution in [0, 0.1) is 5.92 Å². The second-order valence-electron chi connectivity index (χ2n) is 8.39. The summed E-state index contributed by atoms with van der Waals surface area (Å²) in [5.74, 6) is -0.625. The van der Waals surface area contributed by atoms with Gasteiger partial charge in [-0.25, -0.2) is 9.59 Å². The fourth-order valence-corrected chi connectivity index (χ4v) is 3.92. The lowest BCUT2D eigenvalue weighted by Gasteiger charge is -2.33. The molecule has 10 nitrogen and oxygen atoms in total. The number of nitrogens with zero attached hydrogens (tertiary/aromatic N) is 1. The van der Waals surface area contributed by atoms with Gasteiger partial charge in [-0.2, -0.15) is 5.01 Å². The Kier molecular flexibility index (Phi) is 7.78. The molecule has 2 N–H and O–H groups in total. The molecule has 180 valence electrons. The summed E-state index contributed by atoms with van der Waals surface area (Å²) in [5.41, 5.74) is 1.46. The molecule has 1 aromatic rings. The molecule has 2 fully saturated rings. The van der Waals surface area contributed by atoms with Crippen molar-refractivity contribution in [3.05, 3.63) is 23.8 Å². The Morgan fingerprint density at radius 3 is 2.55 bits per heavy atom. The van der Waals surface area contributed by atoms with Gasteiger partial charge in [-0.1, -0.05) is 13.8 Å². The molecule has 0 aromatic heterocycles. The first-order valence-electron chi connectivity index (χ1n) is 11.3. The average Bonchev–Trinajstić information content (AvgIpc) is 3.03. The predicted octanol–water partition coefficient (Wildman–Crippen LogP) is 2.56. The summed E-state index contributed by atoms with van der Waals surface area (Å²) >= 11 is 0. The van der Waals surface area contributed by atoms with E-state index in [1.54, 1.807) is 6.07 Å². The SMILES string of the molecule is CCCOc1ccc(C(=O)OCC(=O)NN2C(=O)NC3(CCC(C)CC3)C2=O)cc1OCC. The maximum absolute atomic E-state index is 12.8. The number of esters is 1. The first kappa shape index (κ1) is 24.3. The van der Waals surface area contributed by atoms with Crippen LogP contribution in [0.1, 0.15) is 63.2 Å². The average molecular weight is 462 g/mol. The molecule has 33 heavy (non-hydrogen) atoms. The summed E-state index contributed by atoms with van der Waals surface area (Å²) < 4.78 is 16.2. The van der Waals surface area contributed by atoms with Crippen molar-refractivity contribution in [1.82, 2.24) is 15.8 Å². The van der Waals surface area contributed by atoms with Crippen LogP contribution in [0.3, 0.4) is 0 Å². The summed E-state index contributed by atoms with van der Waals surface area (Å²) in [6.45, 7) is 6.13. The molecule has 1 heterocycles. The Bertz CT molecular complexity index is 909. The zero-order chi connectivity index (χ0) is 24.0. The number of hydrogen-bond donors (Lipinski definition) is 2. The van der Waals surface area contributed by atoms with Crippen LogP contribution in [0.2, 0.25) is 0 Å². The maximum Gasteiger partial charge on any atom is 0.344 e. The number of carbonyl (C=O) groups is 4. The minimum Gasteiger partial charge on any atom is -0.490 e. The van der Waals surface area contributed by atoms with Gasteiger partial charge in [0.25, 0.3) is 11.8 Å². The van der Waals surface area contributed by atoms with Crippen LogP contribution in [-0.4, -0.2) is 54.2 Å². The van der Waals surface area contributed by atoms with Crippen molar-refractivity contribution in [2.24, 2.45) is 5.92 Å². The van der Waals surface area contributed by atoms with Crippen LogP contribution in [0.5, 0.6) is 11.5 Å². The quantitative estimate of drug-likeness (QED) is 0.428. The smallest absolute Gasteiger partial charge is 0.344 e. The molecule has 1 aliphatic heterocycles. The largest absolute Gasteiger partial charge is 0.490 e. The van der Waals surface area contributed by atoms with Gasteiger partial charge >= 0.3 is 12.0 Å². The Morgan fingerprint density at radius 2 is 1.88 bits per heavy atom. The van der Waals surface area contributed by atoms with Gasteiger partial charge in [0.05, 0.1) is 18.8 Å². The monoisotopic (exact) mass is 461 g/mol. The van der Waals surface area contributed by atoms with Gasteiger partial charge in [0.15, 0.2) is 18.1 Å². The molecule has 1 saturated heterocycles. The molecule has 1 aromatic carbocycles. The van der Waals surface area contributed by atoms with Gasteiger partial charge < -0.3 is 19.5 Å². The van der Waals surface area contributed by atoms with Gasteiger partial charge in [0.2, 0.25) is 0 Å². The number of hydrazine groups is 1. The number of amides is 4. The molecule has 1 aliphatic carbocycles. The van der Waals surface area contributed by atoms with E-state index in [1.165, 1.54) is 12.1 Å². The third kappa shape index (κ3) is 5.55. The second-order valence-corrected chi connectivity index (χ2v) is 8.39. The van der Waals surface area contributed by atoms with Crippen molar-refractivity contribution >= 4 is 23.8 Å². The number of benzene rings is 1. The number of ether oxygens (including phenoxy) is 3. The molecule has 10 heteroatoms. The number of carbonyl (C=O) groups excluding carboxylic acids is 4. The fourth-order valence-electron chi connectivity index (χ4n) is 3.92. The minimum atomic E-state index is -0.967. The summed E-state index contributed by atoms with van der Waals surface area (Å²) in [7, 11) is 0. The van der Waals surface area contributed by atoms with Crippen LogP contribution in [0.25, 0.3) is 0 Å². The maximum atomic E-state index is 12.8. The van der Waals surface area contributed by atoms with Crippen LogP contribution in [0.15, 0.2) is 18.2 Å². The fraction of sp³-hybridized carbons (Fsp3) is 0.565. The van der Waals surface area contributed by atoms with Gasteiger partial charge in [0.1, 0.15) is 5.54 Å². The molecule has 0 unspecified atom stereocenters. The van der Waals surface area contributed by atoms with E-state index >= 15 is 0 Å². The van der Waals surface area contributed by atoms with Crippen molar-refractivity contribution in [2.45, 2.75) is 58.4 Å². The van der Waals surface area contributed by atoms with Crippen LogP contribution in [-0.2, 0) is 14.3 Å². The highest BCUT2D eigenvalue weighted by Crippen LogP contribution is 2.35. The van der Waals surface area contributed by atoms with E-state index in [4.69, 9.17) is 14.2 Å². The molecule has 4 amide bonds. The molecular weight excluding hydrogens is 430 g/mol. The van der Waals surface area contributed by atoms with Crippen molar-refractivity contribution in [3.8, 4) is 11.5 Å². The van der Waals surface area contributed by atoms with Crippen molar-refractivity contribution in [3.63, 3.8) is 0 Å². The van der Waals surface area contributed by atoms with Crippen molar-refractivity contribution in [1.29, 1.82) is 0 Å². The summed E-state index contributed by atoms with van der Waals surface area (Å²) in [5, 5.41) is 3.39. The minimum absolute atomic E-state index is 0.181. The van der Waals surface area contributed by atoms with Crippen LogP contribution in [0.4, 0.5) is 4.79 Å². The number of nitrogens with one attached hydrogen (secondary N) is 2. The molecule has 1 saturated carbocycles. The van der Waals surface area contributed by atoms with Gasteiger partial charge in [-0.3, -0.25) is 15.0 Å². The number of urea groups is 1. The Morgan fingerprint density at radius 1 is 1.15 bits per heavy atom. The van der Waals surface area contributed by atoms with E-state index in [0.29, 0.717) is 48.5 Å². The molecule has 1 spiro atoms. The Labute approximate surface area is 192 Å². The van der Waals surface area contributed by atoms with Crippen molar-refractivity contribution < 1.29 is 33.4 Å². The zero-order valence-electron chi connectivity index (χ0n) is 19.3. The molecule has 0 radical (unpaired) electrons. The van der Waals surface area contributed by atoms with E-state index in [9.17, 15) is 19.2 Å². The third-order valence-corrected chi connectivity index (χ3v) is 5.80. The topological polar surface area (TPSA) is 123 Å². The van der Waals surface area contributed by atoms with E-state index in [2.05, 4.69) is 17.7 Å². The van der Waals surface area contributed by atoms with E-state index < -0.39 is 36.0 Å². The Hall–Kier alpha value is -3.30. The normalized spacial score (nSPS) is 22.2. The molecule has 3 rings (SSSR count). The van der Waals surface area contributed by atoms with E-state index in [0.717, 1.165) is 19.3 Å². The zero-order valence-corrected chi connectivity index (χ0v) is 19.3. The Balaban J connectivity index is 1.56. The van der Waals surface area contributed by atoms with Crippen molar-refractivity contribution in [2.75, 3.05) is 19.8 Å². The van der Waals surface area contributed by atoms with Gasteiger partial charge in [0, 0.05) is 0 Å². The summed E-state index contributed by atoms with van der Waals surface area (Å²) in [4.78, 5) is 49.8. The second kappa shape index (κ2) is 10.5. The highest BCUT2D eigenvalue weighted by atomic mass is 16.5. The third-order valence-electron chi connectivity index (χ3n) is 5.80. The number of rotatable bonds is 9.